The van der Waals surface area contributed by atoms with E-state index in [1.807, 2.05) is 60.7 Å². The molecule has 0 radical (unpaired) electrons. The van der Waals surface area contributed by atoms with Crippen LogP contribution in [0.5, 0.6) is 11.5 Å². The van der Waals surface area contributed by atoms with E-state index in [2.05, 4.69) is 22.9 Å². The second-order valence-electron chi connectivity index (χ2n) is 13.1. The summed E-state index contributed by atoms with van der Waals surface area (Å²) in [7, 11) is 0. The zero-order chi connectivity index (χ0) is 32.5. The number of piperidine rings is 2. The number of anilines is 1. The van der Waals surface area contributed by atoms with Crippen molar-refractivity contribution in [1.29, 1.82) is 5.26 Å². The summed E-state index contributed by atoms with van der Waals surface area (Å²) in [5, 5.41) is 10.1. The molecule has 5 heterocycles. The summed E-state index contributed by atoms with van der Waals surface area (Å²) in [6.07, 6.45) is 6.67. The highest BCUT2D eigenvalue weighted by atomic mass is 16.5. The molecule has 0 aliphatic carbocycles. The summed E-state index contributed by atoms with van der Waals surface area (Å²) in [5.74, 6) is 1.32. The van der Waals surface area contributed by atoms with Crippen molar-refractivity contribution in [2.75, 3.05) is 45.1 Å². The number of likely N-dealkylation sites (tertiary alicyclic amines) is 2. The largest absolute Gasteiger partial charge is 0.457 e. The molecule has 1 unspecified atom stereocenters. The van der Waals surface area contributed by atoms with Crippen molar-refractivity contribution < 1.29 is 14.3 Å². The van der Waals surface area contributed by atoms with Gasteiger partial charge in [-0.2, -0.15) is 5.26 Å². The number of ether oxygens (including phenoxy) is 2. The highest BCUT2D eigenvalue weighted by Crippen LogP contribution is 2.36. The zero-order valence-electron chi connectivity index (χ0n) is 26.5. The number of allylic oxidation sites excluding steroid dienone is 1. The van der Waals surface area contributed by atoms with Crippen LogP contribution in [-0.2, 0) is 9.53 Å². The van der Waals surface area contributed by atoms with Crippen molar-refractivity contribution in [2.45, 2.75) is 44.7 Å². The number of aromatic nitrogens is 3. The first-order valence-corrected chi connectivity index (χ1v) is 16.3. The Morgan fingerprint density at radius 1 is 1.04 bits per heavy atom. The van der Waals surface area contributed by atoms with Crippen LogP contribution in [0.4, 0.5) is 5.82 Å². The van der Waals surface area contributed by atoms with Crippen molar-refractivity contribution in [2.24, 2.45) is 5.41 Å². The first-order chi connectivity index (χ1) is 22.8. The Kier molecular flexibility index (Phi) is 8.30. The average molecular weight is 634 g/mol. The van der Waals surface area contributed by atoms with Gasteiger partial charge in [0, 0.05) is 19.3 Å². The van der Waals surface area contributed by atoms with Gasteiger partial charge in [-0.15, -0.1) is 0 Å². The molecule has 3 saturated heterocycles. The maximum absolute atomic E-state index is 14.2. The normalized spacial score (nSPS) is 20.5. The number of pyridine rings is 1. The van der Waals surface area contributed by atoms with Gasteiger partial charge in [-0.05, 0) is 86.7 Å². The van der Waals surface area contributed by atoms with Crippen LogP contribution in [0, 0.1) is 16.7 Å². The molecule has 2 N–H and O–H groups in total. The second kappa shape index (κ2) is 12.7. The second-order valence-corrected chi connectivity index (χ2v) is 13.1. The first kappa shape index (κ1) is 30.7. The molecule has 2 aromatic carbocycles. The third-order valence-electron chi connectivity index (χ3n) is 9.86. The Labute approximate surface area is 273 Å². The van der Waals surface area contributed by atoms with E-state index >= 15 is 0 Å². The SMILES string of the molecule is CC1(C=C(C#N)C(=O)N2CCCC(n3c(=O)n(-c4ccc(Oc5ccccc5)cc4)c4c(N)nccc43)C2)CCN(C2COC2)CC1. The molecule has 1 atom stereocenters. The number of carbonyl (C=O) groups excluding carboxylic acids is 1. The van der Waals surface area contributed by atoms with Gasteiger partial charge in [0.05, 0.1) is 36.5 Å². The van der Waals surface area contributed by atoms with Crippen molar-refractivity contribution in [3.63, 3.8) is 0 Å². The van der Waals surface area contributed by atoms with Crippen molar-refractivity contribution in [1.82, 2.24) is 23.9 Å². The predicted octanol–water partition coefficient (Wildman–Crippen LogP) is 4.68. The smallest absolute Gasteiger partial charge is 0.334 e. The van der Waals surface area contributed by atoms with E-state index in [0.717, 1.165) is 39.1 Å². The van der Waals surface area contributed by atoms with E-state index in [-0.39, 0.29) is 34.4 Å². The number of imidazole rings is 1. The molecule has 1 amide bonds. The topological polar surface area (TPSA) is 132 Å². The van der Waals surface area contributed by atoms with Crippen LogP contribution in [0.3, 0.4) is 0 Å². The van der Waals surface area contributed by atoms with E-state index in [1.54, 1.807) is 26.3 Å². The van der Waals surface area contributed by atoms with Gasteiger partial charge in [0.15, 0.2) is 0 Å². The molecule has 0 spiro atoms. The number of amides is 1. The van der Waals surface area contributed by atoms with Gasteiger partial charge >= 0.3 is 5.69 Å². The van der Waals surface area contributed by atoms with Crippen LogP contribution in [0.2, 0.25) is 0 Å². The predicted molar refractivity (Wildman–Crippen MR) is 178 cm³/mol. The van der Waals surface area contributed by atoms with Crippen molar-refractivity contribution in [3.05, 3.63) is 89.0 Å². The van der Waals surface area contributed by atoms with Gasteiger partial charge in [0.25, 0.3) is 5.91 Å². The van der Waals surface area contributed by atoms with E-state index in [4.69, 9.17) is 15.2 Å². The summed E-state index contributed by atoms with van der Waals surface area (Å²) >= 11 is 0. The Morgan fingerprint density at radius 3 is 2.45 bits per heavy atom. The lowest BCUT2D eigenvalue weighted by molar-refractivity contribution is -0.128. The average Bonchev–Trinajstić information content (AvgIpc) is 3.37. The Morgan fingerprint density at radius 2 is 1.77 bits per heavy atom. The Bertz CT molecular complexity index is 1900. The van der Waals surface area contributed by atoms with Crippen LogP contribution >= 0.6 is 0 Å². The Balaban J connectivity index is 1.14. The van der Waals surface area contributed by atoms with E-state index in [0.29, 0.717) is 60.2 Å². The van der Waals surface area contributed by atoms with E-state index in [9.17, 15) is 14.9 Å². The number of nitrogen functional groups attached to an aromatic ring is 1. The number of rotatable bonds is 7. The highest BCUT2D eigenvalue weighted by molar-refractivity contribution is 5.97. The van der Waals surface area contributed by atoms with Crippen LogP contribution in [0.25, 0.3) is 16.7 Å². The molecule has 0 saturated carbocycles. The molecule has 3 fully saturated rings. The van der Waals surface area contributed by atoms with Gasteiger partial charge in [-0.25, -0.2) is 9.78 Å². The van der Waals surface area contributed by atoms with Gasteiger partial charge < -0.3 is 20.1 Å². The molecule has 2 aromatic heterocycles. The van der Waals surface area contributed by atoms with Crippen LogP contribution < -0.4 is 16.2 Å². The minimum absolute atomic E-state index is 0.176. The molecule has 0 bridgehead atoms. The number of carbonyl (C=O) groups is 1. The molecular weight excluding hydrogens is 594 g/mol. The first-order valence-electron chi connectivity index (χ1n) is 16.3. The number of hydrogen-bond donors (Lipinski definition) is 1. The van der Waals surface area contributed by atoms with Crippen LogP contribution in [-0.4, -0.2) is 75.3 Å². The number of nitrogens with zero attached hydrogens (tertiary/aromatic N) is 6. The molecule has 11 nitrogen and oxygen atoms in total. The van der Waals surface area contributed by atoms with Crippen molar-refractivity contribution >= 4 is 22.8 Å². The fourth-order valence-corrected chi connectivity index (χ4v) is 7.06. The monoisotopic (exact) mass is 633 g/mol. The molecule has 242 valence electrons. The van der Waals surface area contributed by atoms with Gasteiger partial charge in [0.1, 0.15) is 34.5 Å². The zero-order valence-corrected chi connectivity index (χ0v) is 26.5. The quantitative estimate of drug-likeness (QED) is 0.229. The van der Waals surface area contributed by atoms with Crippen LogP contribution in [0.15, 0.2) is 83.3 Å². The lowest BCUT2D eigenvalue weighted by atomic mass is 9.78. The van der Waals surface area contributed by atoms with Gasteiger partial charge in [-0.3, -0.25) is 18.8 Å². The number of fused-ring (bicyclic) bond motifs is 1. The third-order valence-corrected chi connectivity index (χ3v) is 9.86. The standard InChI is InChI=1S/C36H39N7O4/c1-36(14-18-40(19-15-36)28-23-46-24-28)20-25(21-37)34(44)41-17-5-6-27(22-41)42-31-13-16-39-33(38)32(31)43(35(42)45)26-9-11-30(12-10-26)47-29-7-3-2-4-8-29/h2-4,7-13,16,20,27-28H,5-6,14-15,17-19,22-24H2,1H3,(H2,38,39). The fraction of sp³-hybridized carbons (Fsp3) is 0.389. The maximum atomic E-state index is 14.2. The molecule has 3 aliphatic rings. The number of nitriles is 1. The highest BCUT2D eigenvalue weighted by Gasteiger charge is 2.36. The number of hydrogen-bond acceptors (Lipinski definition) is 8. The van der Waals surface area contributed by atoms with Gasteiger partial charge in [0.2, 0.25) is 0 Å². The summed E-state index contributed by atoms with van der Waals surface area (Å²) < 4.78 is 14.6. The van der Waals surface area contributed by atoms with E-state index < -0.39 is 0 Å². The minimum Gasteiger partial charge on any atom is -0.457 e. The molecule has 4 aromatic rings. The summed E-state index contributed by atoms with van der Waals surface area (Å²) in [4.78, 5) is 36.5. The molecule has 7 rings (SSSR count). The molecule has 47 heavy (non-hydrogen) atoms. The third kappa shape index (κ3) is 6.02. The summed E-state index contributed by atoms with van der Waals surface area (Å²) in [6, 6.07) is 20.9. The van der Waals surface area contributed by atoms with Gasteiger partial charge in [-0.1, -0.05) is 31.2 Å². The Hall–Kier alpha value is -4.92. The molecular formula is C36H39N7O4. The molecule has 11 heteroatoms. The van der Waals surface area contributed by atoms with E-state index in [1.165, 1.54) is 0 Å². The van der Waals surface area contributed by atoms with Crippen LogP contribution in [0.1, 0.15) is 38.6 Å². The lowest BCUT2D eigenvalue weighted by Gasteiger charge is -2.44. The minimum atomic E-state index is -0.296. The summed E-state index contributed by atoms with van der Waals surface area (Å²) in [5.41, 5.74) is 7.86. The number of nitrogens with two attached hydrogens (primary N) is 1. The lowest BCUT2D eigenvalue weighted by Crippen LogP contribution is -2.53. The fourth-order valence-electron chi connectivity index (χ4n) is 7.06. The summed E-state index contributed by atoms with van der Waals surface area (Å²) in [6.45, 7) is 6.39. The maximum Gasteiger partial charge on any atom is 0.334 e. The van der Waals surface area contributed by atoms with Crippen molar-refractivity contribution in [3.8, 4) is 23.3 Å². The molecule has 3 aliphatic heterocycles. The number of para-hydroxylation sites is 1. The number of benzene rings is 2.